The fraction of sp³-hybridized carbons (Fsp3) is 0.440. The molecule has 1 aromatic carbocycles. The lowest BCUT2D eigenvalue weighted by Crippen LogP contribution is -2.62. The van der Waals surface area contributed by atoms with Crippen molar-refractivity contribution in [2.75, 3.05) is 6.54 Å². The maximum Gasteiger partial charge on any atom is 0.251 e. The van der Waals surface area contributed by atoms with Gasteiger partial charge in [0.1, 0.15) is 0 Å². The highest BCUT2D eigenvalue weighted by Gasteiger charge is 2.50. The van der Waals surface area contributed by atoms with Crippen molar-refractivity contribution >= 4 is 12.0 Å². The molecule has 0 spiro atoms. The summed E-state index contributed by atoms with van der Waals surface area (Å²) < 4.78 is 0. The smallest absolute Gasteiger partial charge is 0.251 e. The topological polar surface area (TPSA) is 68.1 Å². The molecule has 1 aliphatic heterocycles. The zero-order valence-electron chi connectivity index (χ0n) is 18.5. The minimum Gasteiger partial charge on any atom is -0.349 e. The lowest BCUT2D eigenvalue weighted by atomic mass is 9.70. The summed E-state index contributed by atoms with van der Waals surface area (Å²) in [5, 5.41) is 13.5. The summed E-state index contributed by atoms with van der Waals surface area (Å²) in [5.74, 6) is 0.579. The van der Waals surface area contributed by atoms with Gasteiger partial charge in [0, 0.05) is 23.4 Å². The third-order valence-corrected chi connectivity index (χ3v) is 6.59. The van der Waals surface area contributed by atoms with Crippen LogP contribution < -0.4 is 5.32 Å². The molecule has 5 nitrogen and oxygen atoms in total. The predicted molar refractivity (Wildman–Crippen MR) is 123 cm³/mol. The molecular weight excluding hydrogens is 374 g/mol. The van der Waals surface area contributed by atoms with E-state index in [4.69, 9.17) is 5.21 Å². The van der Waals surface area contributed by atoms with Crippen LogP contribution in [0.1, 0.15) is 56.5 Å². The lowest BCUT2D eigenvalue weighted by molar-refractivity contribution is -0.226. The summed E-state index contributed by atoms with van der Waals surface area (Å²) in [5.41, 5.74) is 3.08. The van der Waals surface area contributed by atoms with Crippen LogP contribution in [0.2, 0.25) is 0 Å². The van der Waals surface area contributed by atoms with Crippen LogP contribution in [0.25, 0.3) is 17.3 Å². The zero-order chi connectivity index (χ0) is 21.9. The monoisotopic (exact) mass is 408 g/mol. The summed E-state index contributed by atoms with van der Waals surface area (Å²) in [6.07, 6.45) is 5.06. The molecule has 5 heteroatoms. The molecule has 3 rings (SSSR count). The third kappa shape index (κ3) is 4.18. The van der Waals surface area contributed by atoms with Crippen LogP contribution in [0.3, 0.4) is 0 Å². The number of hydroxylamine groups is 2. The van der Waals surface area contributed by atoms with Crippen LogP contribution in [0.5, 0.6) is 0 Å². The quantitative estimate of drug-likeness (QED) is 0.726. The van der Waals surface area contributed by atoms with E-state index < -0.39 is 0 Å². The van der Waals surface area contributed by atoms with Crippen molar-refractivity contribution in [2.24, 2.45) is 11.8 Å². The van der Waals surface area contributed by atoms with Crippen molar-refractivity contribution in [1.29, 1.82) is 0 Å². The van der Waals surface area contributed by atoms with Crippen LogP contribution in [0.4, 0.5) is 0 Å². The summed E-state index contributed by atoms with van der Waals surface area (Å²) >= 11 is 0. The van der Waals surface area contributed by atoms with E-state index in [1.54, 1.807) is 23.4 Å². The highest BCUT2D eigenvalue weighted by molar-refractivity contribution is 5.95. The average Bonchev–Trinajstić information content (AvgIpc) is 2.74. The van der Waals surface area contributed by atoms with E-state index >= 15 is 0 Å². The molecule has 30 heavy (non-hydrogen) atoms. The summed E-state index contributed by atoms with van der Waals surface area (Å²) in [7, 11) is 0. The summed E-state index contributed by atoms with van der Waals surface area (Å²) in [4.78, 5) is 17.5. The van der Waals surface area contributed by atoms with Crippen LogP contribution in [0.15, 0.2) is 49.2 Å². The second-order valence-corrected chi connectivity index (χ2v) is 8.84. The van der Waals surface area contributed by atoms with Gasteiger partial charge < -0.3 is 10.5 Å². The van der Waals surface area contributed by atoms with Gasteiger partial charge in [-0.3, -0.25) is 9.78 Å². The maximum atomic E-state index is 13.1. The number of pyridine rings is 1. The van der Waals surface area contributed by atoms with Gasteiger partial charge in [0.15, 0.2) is 0 Å². The Kier molecular flexibility index (Phi) is 6.74. The molecule has 2 aromatic rings. The Morgan fingerprint density at radius 3 is 2.63 bits per heavy atom. The average molecular weight is 409 g/mol. The normalized spacial score (nSPS) is 19.1. The van der Waals surface area contributed by atoms with Gasteiger partial charge in [-0.2, -0.15) is 0 Å². The van der Waals surface area contributed by atoms with E-state index in [1.165, 1.54) is 0 Å². The molecule has 1 amide bonds. The van der Waals surface area contributed by atoms with Gasteiger partial charge in [0.05, 0.1) is 17.8 Å². The van der Waals surface area contributed by atoms with Crippen molar-refractivity contribution in [3.05, 3.63) is 60.3 Å². The second kappa shape index (κ2) is 9.11. The number of hydrogen-bond acceptors (Lipinski definition) is 3. The number of benzene rings is 1. The minimum atomic E-state index is -0.234. The van der Waals surface area contributed by atoms with Gasteiger partial charge in [-0.15, -0.1) is 0 Å². The molecule has 2 heterocycles. The van der Waals surface area contributed by atoms with E-state index in [0.717, 1.165) is 29.7 Å². The highest BCUT2D eigenvalue weighted by Crippen LogP contribution is 2.39. The van der Waals surface area contributed by atoms with Gasteiger partial charge >= 0.3 is 0 Å². The van der Waals surface area contributed by atoms with Crippen molar-refractivity contribution < 1.29 is 10.0 Å². The molecular formula is C25H34N3O2+. The lowest BCUT2D eigenvalue weighted by Gasteiger charge is -2.48. The van der Waals surface area contributed by atoms with Crippen LogP contribution in [0, 0.1) is 11.8 Å². The van der Waals surface area contributed by atoms with E-state index in [-0.39, 0.29) is 17.5 Å². The Balaban J connectivity index is 1.81. The predicted octanol–water partition coefficient (Wildman–Crippen LogP) is 4.28. The van der Waals surface area contributed by atoms with Crippen LogP contribution in [-0.4, -0.2) is 39.3 Å². The molecule has 0 saturated carbocycles. The van der Waals surface area contributed by atoms with Crippen molar-refractivity contribution in [3.8, 4) is 11.3 Å². The summed E-state index contributed by atoms with van der Waals surface area (Å²) in [6.45, 7) is 13.2. The molecule has 0 radical (unpaired) electrons. The number of aromatic nitrogens is 1. The van der Waals surface area contributed by atoms with Crippen molar-refractivity contribution in [3.63, 3.8) is 0 Å². The Labute approximate surface area is 179 Å². The highest BCUT2D eigenvalue weighted by atomic mass is 16.5. The van der Waals surface area contributed by atoms with E-state index in [1.807, 2.05) is 30.3 Å². The summed E-state index contributed by atoms with van der Waals surface area (Å²) in [6, 6.07) is 11.6. The molecule has 1 saturated heterocycles. The van der Waals surface area contributed by atoms with Crippen LogP contribution in [-0.2, 0) is 0 Å². The second-order valence-electron chi connectivity index (χ2n) is 8.84. The Bertz CT molecular complexity index is 899. The first kappa shape index (κ1) is 22.2. The number of amides is 1. The van der Waals surface area contributed by atoms with Gasteiger partial charge in [-0.25, -0.2) is 0 Å². The maximum absolute atomic E-state index is 13.1. The number of nitrogens with zero attached hydrogens (tertiary/aromatic N) is 2. The number of carbonyl (C=O) groups excluding carboxylic acids is 1. The first-order valence-electron chi connectivity index (χ1n) is 10.8. The number of piperidine rings is 1. The minimum absolute atomic E-state index is 0.0565. The molecule has 1 fully saturated rings. The standard InChI is InChI=1S/C25H33N3O2/c1-6-19-9-7-8-10-22(19)23-15-20(11-13-26-23)24(29)27-21-12-14-28(30)25(16-21,17(2)3)18(4)5/h6-11,13,15,17-18,21,30H,1,12,14,16H2,2-5H3,(H,27,29)/p+1. The fourth-order valence-electron chi connectivity index (χ4n) is 4.88. The molecule has 0 aliphatic carbocycles. The van der Waals surface area contributed by atoms with Gasteiger partial charge in [-0.05, 0) is 42.4 Å². The van der Waals surface area contributed by atoms with Crippen LogP contribution >= 0.6 is 0 Å². The van der Waals surface area contributed by atoms with E-state index in [0.29, 0.717) is 23.9 Å². The molecule has 1 aliphatic rings. The van der Waals surface area contributed by atoms with E-state index in [9.17, 15) is 4.79 Å². The van der Waals surface area contributed by atoms with Crippen molar-refractivity contribution in [2.45, 2.75) is 52.1 Å². The van der Waals surface area contributed by atoms with E-state index in [2.05, 4.69) is 44.6 Å². The molecule has 3 N–H and O–H groups in total. The Morgan fingerprint density at radius 2 is 1.97 bits per heavy atom. The van der Waals surface area contributed by atoms with Crippen molar-refractivity contribution in [1.82, 2.24) is 15.4 Å². The molecule has 1 atom stereocenters. The first-order valence-corrected chi connectivity index (χ1v) is 10.8. The third-order valence-electron chi connectivity index (χ3n) is 6.59. The SMILES string of the molecule is C=Cc1ccccc1-c1cc(C(=O)NC2CCN([OH2+])C(C(C)C)(C(C)C)C2)ccn1. The zero-order valence-corrected chi connectivity index (χ0v) is 18.5. The number of carbonyl (C=O) groups is 1. The number of nitrogens with one attached hydrogen (secondary N) is 1. The largest absolute Gasteiger partial charge is 0.349 e. The molecule has 0 bridgehead atoms. The fourth-order valence-corrected chi connectivity index (χ4v) is 4.88. The molecule has 1 aromatic heterocycles. The van der Waals surface area contributed by atoms with Gasteiger partial charge in [0.2, 0.25) is 0 Å². The number of rotatable bonds is 6. The molecule has 160 valence electrons. The Morgan fingerprint density at radius 1 is 1.27 bits per heavy atom. The van der Waals surface area contributed by atoms with Gasteiger partial charge in [-0.1, -0.05) is 69.7 Å². The molecule has 1 unspecified atom stereocenters. The Hall–Kier alpha value is -2.50. The van der Waals surface area contributed by atoms with Gasteiger partial charge in [0.25, 0.3) is 5.91 Å². The number of hydrogen-bond donors (Lipinski definition) is 1. The first-order chi connectivity index (χ1) is 14.3.